The van der Waals surface area contributed by atoms with E-state index in [-0.39, 0.29) is 0 Å². The van der Waals surface area contributed by atoms with Gasteiger partial charge in [-0.25, -0.2) is 13.4 Å². The van der Waals surface area contributed by atoms with Crippen molar-refractivity contribution in [1.82, 2.24) is 9.97 Å². The number of ether oxygens (including phenoxy) is 1. The molecule has 0 atom stereocenters. The van der Waals surface area contributed by atoms with Crippen LogP contribution in [-0.4, -0.2) is 58.8 Å². The summed E-state index contributed by atoms with van der Waals surface area (Å²) in [5.41, 5.74) is 2.25. The Morgan fingerprint density at radius 1 is 1.18 bits per heavy atom. The Kier molecular flexibility index (Phi) is 6.15. The normalized spacial score (nSPS) is 15.0. The average Bonchev–Trinajstić information content (AvgIpc) is 2.68. The van der Waals surface area contributed by atoms with E-state index >= 15 is 0 Å². The van der Waals surface area contributed by atoms with Crippen LogP contribution in [0.25, 0.3) is 6.08 Å². The van der Waals surface area contributed by atoms with Crippen molar-refractivity contribution in [2.24, 2.45) is 0 Å². The molecule has 28 heavy (non-hydrogen) atoms. The van der Waals surface area contributed by atoms with Crippen LogP contribution in [-0.2, 0) is 14.8 Å². The number of sulfonamides is 1. The highest BCUT2D eigenvalue weighted by Gasteiger charge is 2.18. The highest BCUT2D eigenvalue weighted by Crippen LogP contribution is 2.25. The lowest BCUT2D eigenvalue weighted by molar-refractivity contribution is 0.122. The summed E-state index contributed by atoms with van der Waals surface area (Å²) in [7, 11) is -0.0857. The summed E-state index contributed by atoms with van der Waals surface area (Å²) in [6.45, 7) is 4.64. The number of hydrogen-bond acceptors (Lipinski definition) is 7. The average molecular weight is 404 g/mol. The predicted molar refractivity (Wildman–Crippen MR) is 112 cm³/mol. The van der Waals surface area contributed by atoms with Crippen LogP contribution in [0.4, 0.5) is 17.5 Å². The Morgan fingerprint density at radius 3 is 2.50 bits per heavy atom. The highest BCUT2D eigenvalue weighted by molar-refractivity contribution is 7.95. The first-order valence-corrected chi connectivity index (χ1v) is 10.5. The molecular weight excluding hydrogens is 378 g/mol. The van der Waals surface area contributed by atoms with E-state index in [9.17, 15) is 8.42 Å². The van der Waals surface area contributed by atoms with E-state index in [1.54, 1.807) is 11.0 Å². The SMILES string of the molecule is Cc1ccc(/C=C/S(=O)(=O)Nc2cnc(N3CCOCC3)nc2N(C)C)cc1. The maximum atomic E-state index is 12.5. The molecule has 1 aromatic heterocycles. The molecule has 0 aliphatic carbocycles. The van der Waals surface area contributed by atoms with E-state index in [1.807, 2.05) is 50.2 Å². The summed E-state index contributed by atoms with van der Waals surface area (Å²) >= 11 is 0. The van der Waals surface area contributed by atoms with Gasteiger partial charge in [-0.15, -0.1) is 0 Å². The van der Waals surface area contributed by atoms with Crippen molar-refractivity contribution >= 4 is 33.6 Å². The van der Waals surface area contributed by atoms with E-state index in [0.717, 1.165) is 16.5 Å². The topological polar surface area (TPSA) is 87.7 Å². The quantitative estimate of drug-likeness (QED) is 0.790. The van der Waals surface area contributed by atoms with Crippen LogP contribution < -0.4 is 14.5 Å². The standard InChI is InChI=1S/C19H25N5O3S/c1-15-4-6-16(7-5-15)8-13-28(25,26)22-17-14-20-19(21-18(17)23(2)3)24-9-11-27-12-10-24/h4-8,13-14,22H,9-12H2,1-3H3/b13-8+. The van der Waals surface area contributed by atoms with Crippen LogP contribution in [0, 0.1) is 6.92 Å². The fourth-order valence-electron chi connectivity index (χ4n) is 2.73. The molecule has 2 heterocycles. The maximum Gasteiger partial charge on any atom is 0.255 e. The van der Waals surface area contributed by atoms with Gasteiger partial charge in [-0.1, -0.05) is 29.8 Å². The lowest BCUT2D eigenvalue weighted by atomic mass is 10.2. The van der Waals surface area contributed by atoms with E-state index in [0.29, 0.717) is 43.8 Å². The Labute approximate surface area is 165 Å². The summed E-state index contributed by atoms with van der Waals surface area (Å²) in [6.07, 6.45) is 3.06. The number of benzene rings is 1. The second-order valence-corrected chi connectivity index (χ2v) is 8.33. The summed E-state index contributed by atoms with van der Waals surface area (Å²) in [4.78, 5) is 12.7. The molecule has 0 spiro atoms. The zero-order chi connectivity index (χ0) is 20.1. The van der Waals surface area contributed by atoms with E-state index < -0.39 is 10.0 Å². The number of nitrogens with one attached hydrogen (secondary N) is 1. The number of aryl methyl sites for hydroxylation is 1. The van der Waals surface area contributed by atoms with Gasteiger partial charge >= 0.3 is 0 Å². The Balaban J connectivity index is 1.80. The molecule has 8 nitrogen and oxygen atoms in total. The van der Waals surface area contributed by atoms with Crippen molar-refractivity contribution < 1.29 is 13.2 Å². The molecule has 1 aliphatic heterocycles. The zero-order valence-electron chi connectivity index (χ0n) is 16.3. The molecule has 3 rings (SSSR count). The number of morpholine rings is 1. The van der Waals surface area contributed by atoms with E-state index in [2.05, 4.69) is 14.7 Å². The van der Waals surface area contributed by atoms with E-state index in [4.69, 9.17) is 4.74 Å². The minimum absolute atomic E-state index is 0.329. The zero-order valence-corrected chi connectivity index (χ0v) is 17.1. The predicted octanol–water partition coefficient (Wildman–Crippen LogP) is 2.10. The molecule has 0 unspecified atom stereocenters. The Morgan fingerprint density at radius 2 is 1.86 bits per heavy atom. The lowest BCUT2D eigenvalue weighted by Gasteiger charge is -2.28. The van der Waals surface area contributed by atoms with Crippen LogP contribution >= 0.6 is 0 Å². The maximum absolute atomic E-state index is 12.5. The second-order valence-electron chi connectivity index (χ2n) is 6.76. The third-order valence-electron chi connectivity index (χ3n) is 4.24. The summed E-state index contributed by atoms with van der Waals surface area (Å²) in [6, 6.07) is 7.60. The first-order chi connectivity index (χ1) is 13.3. The second kappa shape index (κ2) is 8.57. The van der Waals surface area contributed by atoms with Crippen LogP contribution in [0.5, 0.6) is 0 Å². The van der Waals surface area contributed by atoms with Crippen molar-refractivity contribution in [3.05, 3.63) is 47.0 Å². The van der Waals surface area contributed by atoms with Crippen molar-refractivity contribution in [2.75, 3.05) is 54.9 Å². The molecule has 0 radical (unpaired) electrons. The minimum atomic E-state index is -3.71. The molecule has 1 aliphatic rings. The molecular formula is C19H25N5O3S. The molecule has 1 aromatic carbocycles. The highest BCUT2D eigenvalue weighted by atomic mass is 32.2. The molecule has 1 fully saturated rings. The largest absolute Gasteiger partial charge is 0.378 e. The Hall–Kier alpha value is -2.65. The van der Waals surface area contributed by atoms with Gasteiger partial charge in [0.15, 0.2) is 5.82 Å². The molecule has 150 valence electrons. The van der Waals surface area contributed by atoms with Crippen molar-refractivity contribution in [3.63, 3.8) is 0 Å². The fourth-order valence-corrected chi connectivity index (χ4v) is 3.58. The summed E-state index contributed by atoms with van der Waals surface area (Å²) in [5.74, 6) is 1.06. The summed E-state index contributed by atoms with van der Waals surface area (Å²) in [5, 5.41) is 1.15. The molecule has 1 N–H and O–H groups in total. The number of nitrogens with zero attached hydrogens (tertiary/aromatic N) is 4. The number of aromatic nitrogens is 2. The van der Waals surface area contributed by atoms with Gasteiger partial charge in [0.05, 0.1) is 24.8 Å². The number of anilines is 3. The van der Waals surface area contributed by atoms with Gasteiger partial charge < -0.3 is 14.5 Å². The third kappa shape index (κ3) is 5.20. The van der Waals surface area contributed by atoms with Crippen molar-refractivity contribution in [3.8, 4) is 0 Å². The molecule has 2 aromatic rings. The van der Waals surface area contributed by atoms with Crippen LogP contribution in [0.3, 0.4) is 0 Å². The van der Waals surface area contributed by atoms with Crippen LogP contribution in [0.15, 0.2) is 35.9 Å². The lowest BCUT2D eigenvalue weighted by Crippen LogP contribution is -2.37. The van der Waals surface area contributed by atoms with Gasteiger partial charge in [0, 0.05) is 27.2 Å². The smallest absolute Gasteiger partial charge is 0.255 e. The first kappa shape index (κ1) is 20.1. The molecule has 1 saturated heterocycles. The number of rotatable bonds is 6. The molecule has 0 saturated carbocycles. The van der Waals surface area contributed by atoms with Crippen LogP contribution in [0.2, 0.25) is 0 Å². The number of hydrogen-bond donors (Lipinski definition) is 1. The van der Waals surface area contributed by atoms with Gasteiger partial charge in [-0.05, 0) is 18.6 Å². The van der Waals surface area contributed by atoms with Gasteiger partial charge in [-0.3, -0.25) is 4.72 Å². The minimum Gasteiger partial charge on any atom is -0.378 e. The molecule has 0 bridgehead atoms. The fraction of sp³-hybridized carbons (Fsp3) is 0.368. The molecule has 0 amide bonds. The first-order valence-electron chi connectivity index (χ1n) is 8.99. The van der Waals surface area contributed by atoms with E-state index in [1.165, 1.54) is 6.20 Å². The van der Waals surface area contributed by atoms with Gasteiger partial charge in [0.2, 0.25) is 5.95 Å². The van der Waals surface area contributed by atoms with Gasteiger partial charge in [0.1, 0.15) is 5.69 Å². The van der Waals surface area contributed by atoms with Crippen LogP contribution in [0.1, 0.15) is 11.1 Å². The van der Waals surface area contributed by atoms with Crippen molar-refractivity contribution in [2.45, 2.75) is 6.92 Å². The van der Waals surface area contributed by atoms with Gasteiger partial charge in [0.25, 0.3) is 10.0 Å². The molecule has 9 heteroatoms. The Bertz CT molecular complexity index is 937. The third-order valence-corrected chi connectivity index (χ3v) is 5.24. The van der Waals surface area contributed by atoms with Gasteiger partial charge in [-0.2, -0.15) is 4.98 Å². The van der Waals surface area contributed by atoms with Crippen molar-refractivity contribution in [1.29, 1.82) is 0 Å². The summed E-state index contributed by atoms with van der Waals surface area (Å²) < 4.78 is 32.9. The monoisotopic (exact) mass is 403 g/mol.